The van der Waals surface area contributed by atoms with Gasteiger partial charge in [-0.05, 0) is 11.8 Å². The molecule has 0 heterocycles. The molecule has 0 amide bonds. The molecule has 0 nitrogen and oxygen atoms in total. The van der Waals surface area contributed by atoms with E-state index in [0.717, 1.165) is 18.3 Å². The second-order valence-electron chi connectivity index (χ2n) is 3.79. The lowest BCUT2D eigenvalue weighted by Gasteiger charge is -2.19. The van der Waals surface area contributed by atoms with Gasteiger partial charge in [0.1, 0.15) is 0 Å². The van der Waals surface area contributed by atoms with Crippen molar-refractivity contribution in [2.45, 2.75) is 52.9 Å². The molecular formula is C11H23. The predicted molar refractivity (Wildman–Crippen MR) is 52.4 cm³/mol. The molecule has 1 unspecified atom stereocenters. The molecule has 0 aliphatic carbocycles. The molecule has 0 aliphatic rings. The molecule has 0 bridgehead atoms. The third-order valence-corrected chi connectivity index (χ3v) is 2.45. The average Bonchev–Trinajstić information content (AvgIpc) is 1.97. The van der Waals surface area contributed by atoms with E-state index in [0.29, 0.717) is 0 Å². The van der Waals surface area contributed by atoms with E-state index in [9.17, 15) is 0 Å². The van der Waals surface area contributed by atoms with Crippen molar-refractivity contribution in [3.63, 3.8) is 0 Å². The van der Waals surface area contributed by atoms with Gasteiger partial charge >= 0.3 is 0 Å². The maximum absolute atomic E-state index is 3.92. The van der Waals surface area contributed by atoms with Crippen molar-refractivity contribution in [3.8, 4) is 0 Å². The smallest absolute Gasteiger partial charge is 0.0391 e. The molecule has 0 N–H and O–H groups in total. The van der Waals surface area contributed by atoms with Crippen molar-refractivity contribution in [1.29, 1.82) is 0 Å². The van der Waals surface area contributed by atoms with Crippen LogP contribution in [0, 0.1) is 18.8 Å². The third kappa shape index (κ3) is 5.29. The van der Waals surface area contributed by atoms with Crippen LogP contribution in [-0.4, -0.2) is 0 Å². The summed E-state index contributed by atoms with van der Waals surface area (Å²) in [6.45, 7) is 10.8. The van der Waals surface area contributed by atoms with Crippen molar-refractivity contribution in [2.24, 2.45) is 11.8 Å². The zero-order chi connectivity index (χ0) is 8.69. The lowest BCUT2D eigenvalue weighted by Crippen LogP contribution is -2.07. The maximum Gasteiger partial charge on any atom is -0.0391 e. The van der Waals surface area contributed by atoms with Gasteiger partial charge in [0.2, 0.25) is 0 Å². The predicted octanol–water partition coefficient (Wildman–Crippen LogP) is 4.06. The van der Waals surface area contributed by atoms with Gasteiger partial charge < -0.3 is 0 Å². The minimum absolute atomic E-state index is 0.850. The van der Waals surface area contributed by atoms with Crippen LogP contribution >= 0.6 is 0 Å². The zero-order valence-electron chi connectivity index (χ0n) is 8.40. The molecule has 0 spiro atoms. The number of hydrogen-bond donors (Lipinski definition) is 0. The molecule has 1 atom stereocenters. The fourth-order valence-electron chi connectivity index (χ4n) is 1.54. The molecule has 0 aromatic rings. The summed E-state index contributed by atoms with van der Waals surface area (Å²) >= 11 is 0. The van der Waals surface area contributed by atoms with Crippen LogP contribution in [0.1, 0.15) is 52.9 Å². The van der Waals surface area contributed by atoms with E-state index in [1.54, 1.807) is 0 Å². The molecule has 0 fully saturated rings. The van der Waals surface area contributed by atoms with Gasteiger partial charge in [-0.25, -0.2) is 0 Å². The van der Waals surface area contributed by atoms with E-state index in [1.165, 1.54) is 25.7 Å². The highest BCUT2D eigenvalue weighted by molar-refractivity contribution is 4.63. The number of unbranched alkanes of at least 4 members (excludes halogenated alkanes) is 1. The molecule has 0 heteroatoms. The molecule has 0 aliphatic heterocycles. The van der Waals surface area contributed by atoms with Crippen LogP contribution in [0.2, 0.25) is 0 Å². The van der Waals surface area contributed by atoms with E-state index in [-0.39, 0.29) is 0 Å². The first-order valence-electron chi connectivity index (χ1n) is 5.01. The largest absolute Gasteiger partial charge is 0.0654 e. The minimum atomic E-state index is 0.850. The molecule has 0 aromatic carbocycles. The van der Waals surface area contributed by atoms with Crippen LogP contribution in [0.25, 0.3) is 0 Å². The van der Waals surface area contributed by atoms with Crippen LogP contribution in [0.3, 0.4) is 0 Å². The SMILES string of the molecule is [CH2]CCC(CCCC)C(C)C. The highest BCUT2D eigenvalue weighted by Crippen LogP contribution is 2.22. The Balaban J connectivity index is 3.51. The quantitative estimate of drug-likeness (QED) is 0.542. The van der Waals surface area contributed by atoms with Gasteiger partial charge in [-0.2, -0.15) is 0 Å². The molecule has 1 radical (unpaired) electrons. The van der Waals surface area contributed by atoms with Gasteiger partial charge in [-0.15, -0.1) is 0 Å². The second kappa shape index (κ2) is 6.69. The second-order valence-corrected chi connectivity index (χ2v) is 3.79. The topological polar surface area (TPSA) is 0 Å². The van der Waals surface area contributed by atoms with Gasteiger partial charge in [0.15, 0.2) is 0 Å². The Morgan fingerprint density at radius 1 is 1.18 bits per heavy atom. The Hall–Kier alpha value is 0. The minimum Gasteiger partial charge on any atom is -0.0654 e. The van der Waals surface area contributed by atoms with E-state index >= 15 is 0 Å². The maximum atomic E-state index is 3.92. The normalized spacial score (nSPS) is 13.9. The Morgan fingerprint density at radius 3 is 2.18 bits per heavy atom. The highest BCUT2D eigenvalue weighted by Gasteiger charge is 2.10. The van der Waals surface area contributed by atoms with Crippen molar-refractivity contribution in [3.05, 3.63) is 6.92 Å². The summed E-state index contributed by atoms with van der Waals surface area (Å²) in [5.74, 6) is 1.77. The Morgan fingerprint density at radius 2 is 1.82 bits per heavy atom. The summed E-state index contributed by atoms with van der Waals surface area (Å²) in [7, 11) is 0. The molecule has 0 saturated heterocycles. The molecular weight excluding hydrogens is 132 g/mol. The van der Waals surface area contributed by atoms with Crippen LogP contribution in [0.4, 0.5) is 0 Å². The van der Waals surface area contributed by atoms with E-state index < -0.39 is 0 Å². The fourth-order valence-corrected chi connectivity index (χ4v) is 1.54. The summed E-state index contributed by atoms with van der Waals surface area (Å²) in [6, 6.07) is 0. The molecule has 0 saturated carbocycles. The molecule has 67 valence electrons. The van der Waals surface area contributed by atoms with Crippen LogP contribution in [0.15, 0.2) is 0 Å². The van der Waals surface area contributed by atoms with Crippen LogP contribution < -0.4 is 0 Å². The van der Waals surface area contributed by atoms with Gasteiger partial charge in [0.25, 0.3) is 0 Å². The van der Waals surface area contributed by atoms with Gasteiger partial charge in [-0.1, -0.05) is 59.8 Å². The van der Waals surface area contributed by atoms with Crippen LogP contribution in [0.5, 0.6) is 0 Å². The van der Waals surface area contributed by atoms with Crippen LogP contribution in [-0.2, 0) is 0 Å². The Kier molecular flexibility index (Phi) is 6.69. The summed E-state index contributed by atoms with van der Waals surface area (Å²) in [5.41, 5.74) is 0. The molecule has 11 heavy (non-hydrogen) atoms. The highest BCUT2D eigenvalue weighted by atomic mass is 14.2. The van der Waals surface area contributed by atoms with Gasteiger partial charge in [-0.3, -0.25) is 0 Å². The monoisotopic (exact) mass is 155 g/mol. The number of hydrogen-bond acceptors (Lipinski definition) is 0. The average molecular weight is 155 g/mol. The first kappa shape index (κ1) is 11.0. The van der Waals surface area contributed by atoms with Crippen molar-refractivity contribution in [1.82, 2.24) is 0 Å². The van der Waals surface area contributed by atoms with Gasteiger partial charge in [0.05, 0.1) is 0 Å². The summed E-state index contributed by atoms with van der Waals surface area (Å²) in [4.78, 5) is 0. The number of rotatable bonds is 6. The van der Waals surface area contributed by atoms with Crippen molar-refractivity contribution >= 4 is 0 Å². The first-order valence-corrected chi connectivity index (χ1v) is 5.01. The third-order valence-electron chi connectivity index (χ3n) is 2.45. The van der Waals surface area contributed by atoms with Crippen molar-refractivity contribution < 1.29 is 0 Å². The lowest BCUT2D eigenvalue weighted by molar-refractivity contribution is 0.330. The fraction of sp³-hybridized carbons (Fsp3) is 0.909. The van der Waals surface area contributed by atoms with E-state index in [4.69, 9.17) is 0 Å². The Bertz CT molecular complexity index is 74.1. The Labute approximate surface area is 72.4 Å². The summed E-state index contributed by atoms with van der Waals surface area (Å²) in [5, 5.41) is 0. The molecule has 0 rings (SSSR count). The standard InChI is InChI=1S/C11H23/c1-5-7-9-11(8-6-2)10(3)4/h10-11H,2,5-9H2,1,3-4H3. The van der Waals surface area contributed by atoms with E-state index in [1.807, 2.05) is 0 Å². The molecule has 0 aromatic heterocycles. The zero-order valence-corrected chi connectivity index (χ0v) is 8.40. The first-order chi connectivity index (χ1) is 5.22. The van der Waals surface area contributed by atoms with Crippen molar-refractivity contribution in [2.75, 3.05) is 0 Å². The summed E-state index contributed by atoms with van der Waals surface area (Å²) < 4.78 is 0. The van der Waals surface area contributed by atoms with E-state index in [2.05, 4.69) is 27.7 Å². The van der Waals surface area contributed by atoms with Gasteiger partial charge in [0, 0.05) is 0 Å². The lowest BCUT2D eigenvalue weighted by atomic mass is 9.87. The summed E-state index contributed by atoms with van der Waals surface area (Å²) in [6.07, 6.45) is 6.55.